The van der Waals surface area contributed by atoms with Crippen LogP contribution in [0.2, 0.25) is 0 Å². The molecule has 1 aliphatic heterocycles. The second kappa shape index (κ2) is 3.55. The zero-order valence-electron chi connectivity index (χ0n) is 12.2. The number of carbonyl (C=O) groups is 1. The minimum absolute atomic E-state index is 0.135. The van der Waals surface area contributed by atoms with Crippen molar-refractivity contribution in [1.29, 1.82) is 0 Å². The van der Waals surface area contributed by atoms with Crippen LogP contribution in [-0.4, -0.2) is 24.5 Å². The maximum atomic E-state index is 12.4. The Hall–Kier alpha value is -0.570. The number of hydrogen-bond acceptors (Lipinski definition) is 2. The monoisotopic (exact) mass is 262 g/mol. The zero-order valence-corrected chi connectivity index (χ0v) is 12.2. The third-order valence-corrected chi connectivity index (χ3v) is 6.17. The van der Waals surface area contributed by atoms with E-state index < -0.39 is 0 Å². The Labute approximate surface area is 115 Å². The predicted molar refractivity (Wildman–Crippen MR) is 74.6 cm³/mol. The molecule has 5 rings (SSSR count). The van der Waals surface area contributed by atoms with Crippen LogP contribution >= 0.6 is 0 Å². The highest BCUT2D eigenvalue weighted by Crippen LogP contribution is 2.66. The third kappa shape index (κ3) is 1.84. The van der Waals surface area contributed by atoms with Gasteiger partial charge in [0.2, 0.25) is 5.91 Å². The van der Waals surface area contributed by atoms with Crippen LogP contribution in [0.1, 0.15) is 52.4 Å². The number of carbonyl (C=O) groups excluding carboxylic acids is 1. The molecule has 3 nitrogen and oxygen atoms in total. The molecule has 4 saturated carbocycles. The van der Waals surface area contributed by atoms with Crippen LogP contribution in [0.5, 0.6) is 0 Å². The van der Waals surface area contributed by atoms with Crippen LogP contribution in [0, 0.1) is 22.7 Å². The molecule has 0 aromatic rings. The van der Waals surface area contributed by atoms with Crippen molar-refractivity contribution in [2.45, 2.75) is 57.9 Å². The van der Waals surface area contributed by atoms with E-state index in [1.807, 2.05) is 0 Å². The molecule has 3 heteroatoms. The standard InChI is InChI=1S/C16H26N2O/c1-14-3-11-4-15(2,8-14)10-16(5-11,9-14)18-13(19)12-6-17-7-12/h11-12,17H,3-10H2,1-2H3,(H,18,19). The van der Waals surface area contributed by atoms with Gasteiger partial charge < -0.3 is 10.6 Å². The van der Waals surface area contributed by atoms with Gasteiger partial charge >= 0.3 is 0 Å². The van der Waals surface area contributed by atoms with E-state index in [9.17, 15) is 4.79 Å². The Bertz CT molecular complexity index is 410. The molecule has 2 atom stereocenters. The summed E-state index contributed by atoms with van der Waals surface area (Å²) >= 11 is 0. The van der Waals surface area contributed by atoms with Crippen LogP contribution < -0.4 is 10.6 Å². The molecule has 106 valence electrons. The van der Waals surface area contributed by atoms with Gasteiger partial charge in [-0.05, 0) is 55.3 Å². The second-order valence-corrected chi connectivity index (χ2v) is 8.75. The van der Waals surface area contributed by atoms with Gasteiger partial charge in [0, 0.05) is 18.6 Å². The molecule has 0 radical (unpaired) electrons. The number of nitrogens with one attached hydrogen (secondary N) is 2. The molecule has 19 heavy (non-hydrogen) atoms. The van der Waals surface area contributed by atoms with Crippen LogP contribution in [0.4, 0.5) is 0 Å². The van der Waals surface area contributed by atoms with Crippen LogP contribution in [0.3, 0.4) is 0 Å². The maximum Gasteiger partial charge on any atom is 0.226 e. The average Bonchev–Trinajstić information content (AvgIpc) is 2.05. The van der Waals surface area contributed by atoms with Crippen molar-refractivity contribution >= 4 is 5.91 Å². The van der Waals surface area contributed by atoms with Gasteiger partial charge in [0.25, 0.3) is 0 Å². The van der Waals surface area contributed by atoms with Crippen LogP contribution in [0.15, 0.2) is 0 Å². The third-order valence-electron chi connectivity index (χ3n) is 6.17. The molecule has 4 aliphatic carbocycles. The minimum atomic E-state index is 0.135. The average molecular weight is 262 g/mol. The van der Waals surface area contributed by atoms with Crippen LogP contribution in [0.25, 0.3) is 0 Å². The molecule has 1 saturated heterocycles. The zero-order chi connectivity index (χ0) is 13.3. The van der Waals surface area contributed by atoms with Gasteiger partial charge in [-0.25, -0.2) is 0 Å². The predicted octanol–water partition coefficient (Wildman–Crippen LogP) is 2.07. The maximum absolute atomic E-state index is 12.4. The van der Waals surface area contributed by atoms with Gasteiger partial charge in [-0.1, -0.05) is 13.8 Å². The van der Waals surface area contributed by atoms with Crippen molar-refractivity contribution in [3.8, 4) is 0 Å². The largest absolute Gasteiger partial charge is 0.350 e. The SMILES string of the molecule is CC12CC3CC(C)(C1)CC(NC(=O)C1CNC1)(C3)C2. The molecular formula is C16H26N2O. The normalized spacial score (nSPS) is 52.0. The first-order chi connectivity index (χ1) is 8.90. The Kier molecular flexibility index (Phi) is 2.27. The molecule has 1 amide bonds. The van der Waals surface area contributed by atoms with Gasteiger partial charge in [0.05, 0.1) is 5.92 Å². The first-order valence-corrected chi connectivity index (χ1v) is 7.92. The summed E-state index contributed by atoms with van der Waals surface area (Å²) in [5, 5.41) is 6.70. The highest BCUT2D eigenvalue weighted by atomic mass is 16.2. The number of amides is 1. The highest BCUT2D eigenvalue weighted by molar-refractivity contribution is 5.81. The van der Waals surface area contributed by atoms with E-state index in [0.29, 0.717) is 16.7 Å². The van der Waals surface area contributed by atoms with E-state index in [-0.39, 0.29) is 11.5 Å². The summed E-state index contributed by atoms with van der Waals surface area (Å²) in [5.74, 6) is 1.40. The van der Waals surface area contributed by atoms with Gasteiger partial charge in [-0.2, -0.15) is 0 Å². The van der Waals surface area contributed by atoms with E-state index >= 15 is 0 Å². The molecule has 5 fully saturated rings. The van der Waals surface area contributed by atoms with E-state index in [0.717, 1.165) is 19.0 Å². The first-order valence-electron chi connectivity index (χ1n) is 7.92. The fourth-order valence-corrected chi connectivity index (χ4v) is 6.42. The minimum Gasteiger partial charge on any atom is -0.350 e. The van der Waals surface area contributed by atoms with E-state index in [4.69, 9.17) is 0 Å². The highest BCUT2D eigenvalue weighted by Gasteiger charge is 2.60. The molecule has 5 aliphatic rings. The van der Waals surface area contributed by atoms with Crippen molar-refractivity contribution in [3.05, 3.63) is 0 Å². The van der Waals surface area contributed by atoms with Gasteiger partial charge in [0.15, 0.2) is 0 Å². The fraction of sp³-hybridized carbons (Fsp3) is 0.938. The summed E-state index contributed by atoms with van der Waals surface area (Å²) in [6, 6.07) is 0. The Balaban J connectivity index is 1.58. The van der Waals surface area contributed by atoms with E-state index in [1.54, 1.807) is 0 Å². The lowest BCUT2D eigenvalue weighted by Gasteiger charge is -2.65. The fourth-order valence-electron chi connectivity index (χ4n) is 6.42. The number of hydrogen-bond donors (Lipinski definition) is 2. The Morgan fingerprint density at radius 3 is 2.16 bits per heavy atom. The van der Waals surface area contributed by atoms with Gasteiger partial charge in [-0.15, -0.1) is 0 Å². The van der Waals surface area contributed by atoms with E-state index in [1.165, 1.54) is 38.5 Å². The second-order valence-electron chi connectivity index (χ2n) is 8.75. The summed E-state index contributed by atoms with van der Waals surface area (Å²) < 4.78 is 0. The Morgan fingerprint density at radius 1 is 1.05 bits per heavy atom. The quantitative estimate of drug-likeness (QED) is 0.800. The van der Waals surface area contributed by atoms with Gasteiger partial charge in [-0.3, -0.25) is 4.79 Å². The van der Waals surface area contributed by atoms with Crippen molar-refractivity contribution in [2.24, 2.45) is 22.7 Å². The molecule has 0 aromatic heterocycles. The molecule has 4 bridgehead atoms. The van der Waals surface area contributed by atoms with Crippen LogP contribution in [-0.2, 0) is 4.79 Å². The molecule has 2 N–H and O–H groups in total. The molecular weight excluding hydrogens is 236 g/mol. The van der Waals surface area contributed by atoms with Crippen molar-refractivity contribution < 1.29 is 4.79 Å². The smallest absolute Gasteiger partial charge is 0.226 e. The van der Waals surface area contributed by atoms with Crippen molar-refractivity contribution in [3.63, 3.8) is 0 Å². The van der Waals surface area contributed by atoms with E-state index in [2.05, 4.69) is 24.5 Å². The summed E-state index contributed by atoms with van der Waals surface area (Å²) in [7, 11) is 0. The summed E-state index contributed by atoms with van der Waals surface area (Å²) in [5.41, 5.74) is 1.11. The Morgan fingerprint density at radius 2 is 1.68 bits per heavy atom. The molecule has 0 spiro atoms. The first kappa shape index (κ1) is 12.2. The molecule has 2 unspecified atom stereocenters. The summed E-state index contributed by atoms with van der Waals surface area (Å²) in [4.78, 5) is 12.4. The lowest BCUT2D eigenvalue weighted by Crippen LogP contribution is -2.67. The van der Waals surface area contributed by atoms with Gasteiger partial charge in [0.1, 0.15) is 0 Å². The topological polar surface area (TPSA) is 41.1 Å². The molecule has 1 heterocycles. The molecule has 0 aromatic carbocycles. The van der Waals surface area contributed by atoms with Crippen molar-refractivity contribution in [1.82, 2.24) is 10.6 Å². The summed E-state index contributed by atoms with van der Waals surface area (Å²) in [6.07, 6.45) is 7.84. The summed E-state index contributed by atoms with van der Waals surface area (Å²) in [6.45, 7) is 6.67. The lowest BCUT2D eigenvalue weighted by molar-refractivity contribution is -0.143. The number of rotatable bonds is 2. The lowest BCUT2D eigenvalue weighted by atomic mass is 9.42. The van der Waals surface area contributed by atoms with Crippen molar-refractivity contribution in [2.75, 3.05) is 13.1 Å².